The van der Waals surface area contributed by atoms with Crippen molar-refractivity contribution in [2.45, 2.75) is 18.9 Å². The topological polar surface area (TPSA) is 99.6 Å². The second-order valence-corrected chi connectivity index (χ2v) is 9.93. The summed E-state index contributed by atoms with van der Waals surface area (Å²) in [4.78, 5) is 46.9. The number of Topliss-reactive ketones (excluding diaryl/α,β-unsaturated/α-hetero) is 1. The number of anilines is 1. The molecule has 9 nitrogen and oxygen atoms in total. The molecule has 0 radical (unpaired) electrons. The highest BCUT2D eigenvalue weighted by atomic mass is 16.5. The molecule has 2 aromatic rings. The van der Waals surface area contributed by atoms with Crippen LogP contribution >= 0.6 is 0 Å². The number of para-hydroxylation sites is 1. The molecular formula is C30H33N3O6. The number of carbonyl (C=O) groups is 3. The van der Waals surface area contributed by atoms with Gasteiger partial charge in [-0.2, -0.15) is 0 Å². The van der Waals surface area contributed by atoms with E-state index < -0.39 is 28.9 Å². The minimum Gasteiger partial charge on any atom is -0.507 e. The van der Waals surface area contributed by atoms with E-state index in [1.165, 1.54) is 9.80 Å². The Morgan fingerprint density at radius 1 is 1.13 bits per heavy atom. The molecule has 9 heteroatoms. The Morgan fingerprint density at radius 2 is 1.87 bits per heavy atom. The molecule has 3 aliphatic heterocycles. The van der Waals surface area contributed by atoms with E-state index in [1.807, 2.05) is 6.92 Å². The van der Waals surface area contributed by atoms with E-state index in [2.05, 4.69) is 11.5 Å². The third-order valence-corrected chi connectivity index (χ3v) is 7.75. The first-order valence-corrected chi connectivity index (χ1v) is 13.1. The molecule has 3 aliphatic rings. The van der Waals surface area contributed by atoms with Gasteiger partial charge in [-0.05, 0) is 43.2 Å². The predicted octanol–water partition coefficient (Wildman–Crippen LogP) is 2.83. The number of methoxy groups -OCH3 is 1. The van der Waals surface area contributed by atoms with Crippen LogP contribution in [0.3, 0.4) is 0 Å². The third kappa shape index (κ3) is 4.22. The first-order valence-electron chi connectivity index (χ1n) is 13.1. The van der Waals surface area contributed by atoms with Crippen molar-refractivity contribution >= 4 is 29.0 Å². The number of nitrogens with zero attached hydrogens (tertiary/aromatic N) is 3. The molecule has 2 fully saturated rings. The van der Waals surface area contributed by atoms with Crippen molar-refractivity contribution in [3.05, 3.63) is 77.4 Å². The molecule has 1 atom stereocenters. The molecule has 2 saturated heterocycles. The van der Waals surface area contributed by atoms with Gasteiger partial charge in [0, 0.05) is 43.9 Å². The minimum absolute atomic E-state index is 0.169. The quantitative estimate of drug-likeness (QED) is 0.242. The van der Waals surface area contributed by atoms with E-state index in [-0.39, 0.29) is 18.7 Å². The lowest BCUT2D eigenvalue weighted by molar-refractivity contribution is -0.143. The number of hydrogen-bond donors (Lipinski definition) is 1. The van der Waals surface area contributed by atoms with Crippen LogP contribution in [0.2, 0.25) is 0 Å². The Labute approximate surface area is 227 Å². The molecule has 5 rings (SSSR count). The smallest absolute Gasteiger partial charge is 0.296 e. The molecular weight excluding hydrogens is 498 g/mol. The van der Waals surface area contributed by atoms with E-state index in [9.17, 15) is 19.5 Å². The predicted molar refractivity (Wildman–Crippen MR) is 147 cm³/mol. The summed E-state index contributed by atoms with van der Waals surface area (Å²) < 4.78 is 10.8. The summed E-state index contributed by atoms with van der Waals surface area (Å²) in [6, 6.07) is 12.1. The maximum atomic E-state index is 14.4. The minimum atomic E-state index is -1.78. The molecule has 2 amide bonds. The number of amides is 2. The van der Waals surface area contributed by atoms with Crippen LogP contribution in [-0.2, 0) is 24.7 Å². The van der Waals surface area contributed by atoms with Gasteiger partial charge in [-0.25, -0.2) is 0 Å². The highest BCUT2D eigenvalue weighted by molar-refractivity contribution is 6.50. The number of ketones is 1. The van der Waals surface area contributed by atoms with Crippen LogP contribution in [0.15, 0.2) is 60.7 Å². The molecule has 204 valence electrons. The van der Waals surface area contributed by atoms with Crippen LogP contribution in [0.4, 0.5) is 5.69 Å². The second kappa shape index (κ2) is 10.7. The fraction of sp³-hybridized carbons (Fsp3) is 0.367. The first-order chi connectivity index (χ1) is 18.9. The van der Waals surface area contributed by atoms with Crippen LogP contribution < -0.4 is 9.64 Å². The number of aliphatic hydroxyl groups is 1. The van der Waals surface area contributed by atoms with Gasteiger partial charge in [0.05, 0.1) is 31.6 Å². The number of hydrogen-bond acceptors (Lipinski definition) is 7. The molecule has 1 spiro atoms. The number of ether oxygens (including phenoxy) is 2. The number of aryl methyl sites for hydroxylation is 1. The van der Waals surface area contributed by atoms with Crippen molar-refractivity contribution in [3.8, 4) is 5.75 Å². The van der Waals surface area contributed by atoms with Crippen LogP contribution in [0.1, 0.15) is 23.1 Å². The fourth-order valence-electron chi connectivity index (χ4n) is 5.92. The largest absolute Gasteiger partial charge is 0.507 e. The van der Waals surface area contributed by atoms with Gasteiger partial charge in [0.15, 0.2) is 5.54 Å². The number of fused-ring (bicyclic) bond motifs is 2. The average molecular weight is 532 g/mol. The lowest BCUT2D eigenvalue weighted by atomic mass is 9.81. The molecule has 2 aromatic carbocycles. The van der Waals surface area contributed by atoms with Gasteiger partial charge in [0.2, 0.25) is 0 Å². The van der Waals surface area contributed by atoms with Crippen molar-refractivity contribution in [2.75, 3.05) is 57.9 Å². The highest BCUT2D eigenvalue weighted by Crippen LogP contribution is 2.53. The normalized spacial score (nSPS) is 22.6. The van der Waals surface area contributed by atoms with E-state index in [4.69, 9.17) is 9.47 Å². The Hall–Kier alpha value is -3.95. The van der Waals surface area contributed by atoms with Gasteiger partial charge in [0.25, 0.3) is 17.6 Å². The molecule has 0 aliphatic carbocycles. The van der Waals surface area contributed by atoms with Crippen LogP contribution in [0.25, 0.3) is 5.76 Å². The lowest BCUT2D eigenvalue weighted by Gasteiger charge is -2.35. The van der Waals surface area contributed by atoms with Crippen molar-refractivity contribution in [3.63, 3.8) is 0 Å². The van der Waals surface area contributed by atoms with Crippen LogP contribution in [0, 0.1) is 6.92 Å². The Morgan fingerprint density at radius 3 is 2.56 bits per heavy atom. The summed E-state index contributed by atoms with van der Waals surface area (Å²) in [7, 11) is 1.55. The van der Waals surface area contributed by atoms with Crippen molar-refractivity contribution in [1.82, 2.24) is 9.80 Å². The zero-order chi connectivity index (χ0) is 27.7. The van der Waals surface area contributed by atoms with E-state index in [0.717, 1.165) is 18.7 Å². The number of likely N-dealkylation sites (tertiary alicyclic amines) is 1. The first kappa shape index (κ1) is 26.6. The number of rotatable bonds is 8. The number of morpholine rings is 1. The third-order valence-electron chi connectivity index (χ3n) is 7.75. The number of benzene rings is 2. The molecule has 1 N–H and O–H groups in total. The van der Waals surface area contributed by atoms with Crippen molar-refractivity contribution in [1.29, 1.82) is 0 Å². The zero-order valence-electron chi connectivity index (χ0n) is 22.3. The lowest BCUT2D eigenvalue weighted by Crippen LogP contribution is -2.52. The van der Waals surface area contributed by atoms with Gasteiger partial charge in [-0.1, -0.05) is 24.3 Å². The van der Waals surface area contributed by atoms with Gasteiger partial charge in [-0.3, -0.25) is 19.3 Å². The number of aliphatic hydroxyl groups excluding tert-OH is 1. The van der Waals surface area contributed by atoms with Crippen LogP contribution in [-0.4, -0.2) is 85.6 Å². The standard InChI is InChI=1S/C30H33N3O6/c1-4-12-32-23-9-6-5-8-22(23)30(29(32)37)25(26(34)21-10-11-24(38-3)20(2)19-21)27(35)28(36)33(30)14-7-13-31-15-17-39-18-16-31/h4-6,8-11,19,34H,1,7,12-18H2,2-3H3/t30-/m1/s1. The summed E-state index contributed by atoms with van der Waals surface area (Å²) in [5.41, 5.74) is 0.144. The van der Waals surface area contributed by atoms with Crippen LogP contribution in [0.5, 0.6) is 5.75 Å². The maximum Gasteiger partial charge on any atom is 0.296 e. The molecule has 0 bridgehead atoms. The summed E-state index contributed by atoms with van der Waals surface area (Å²) >= 11 is 0. The second-order valence-electron chi connectivity index (χ2n) is 9.93. The highest BCUT2D eigenvalue weighted by Gasteiger charge is 2.66. The van der Waals surface area contributed by atoms with E-state index >= 15 is 0 Å². The van der Waals surface area contributed by atoms with E-state index in [0.29, 0.717) is 48.7 Å². The Bertz CT molecular complexity index is 1360. The Balaban J connectivity index is 1.66. The zero-order valence-corrected chi connectivity index (χ0v) is 22.3. The van der Waals surface area contributed by atoms with Gasteiger partial charge >= 0.3 is 0 Å². The molecule has 0 aromatic heterocycles. The molecule has 3 heterocycles. The van der Waals surface area contributed by atoms with Crippen molar-refractivity contribution < 1.29 is 29.0 Å². The number of carbonyl (C=O) groups excluding carboxylic acids is 3. The van der Waals surface area contributed by atoms with Gasteiger partial charge in [0.1, 0.15) is 11.5 Å². The Kier molecular flexibility index (Phi) is 7.29. The monoisotopic (exact) mass is 531 g/mol. The SMILES string of the molecule is C=CCN1C(=O)[C@]2(C(=C(O)c3ccc(OC)c(C)c3)C(=O)C(=O)N2CCCN2CCOCC2)c2ccccc21. The molecule has 39 heavy (non-hydrogen) atoms. The summed E-state index contributed by atoms with van der Waals surface area (Å²) in [6.45, 7) is 9.53. The van der Waals surface area contributed by atoms with Crippen molar-refractivity contribution in [2.24, 2.45) is 0 Å². The fourth-order valence-corrected chi connectivity index (χ4v) is 5.92. The van der Waals surface area contributed by atoms with E-state index in [1.54, 1.807) is 55.7 Å². The average Bonchev–Trinajstić information content (AvgIpc) is 3.32. The summed E-state index contributed by atoms with van der Waals surface area (Å²) in [5.74, 6) is -1.91. The molecule has 0 saturated carbocycles. The van der Waals surface area contributed by atoms with Gasteiger partial charge < -0.3 is 24.4 Å². The maximum absolute atomic E-state index is 14.4. The molecule has 0 unspecified atom stereocenters. The summed E-state index contributed by atoms with van der Waals surface area (Å²) in [6.07, 6.45) is 2.15. The van der Waals surface area contributed by atoms with Gasteiger partial charge in [-0.15, -0.1) is 6.58 Å². The summed E-state index contributed by atoms with van der Waals surface area (Å²) in [5, 5.41) is 11.7.